The number of nitrogens with zero attached hydrogens (tertiary/aromatic N) is 2. The fourth-order valence-electron chi connectivity index (χ4n) is 10.8. The van der Waals surface area contributed by atoms with Crippen molar-refractivity contribution in [2.45, 2.75) is 38.9 Å². The van der Waals surface area contributed by atoms with Crippen molar-refractivity contribution in [3.8, 4) is 22.5 Å². The van der Waals surface area contributed by atoms with Crippen molar-refractivity contribution in [1.82, 2.24) is 19.1 Å². The maximum atomic E-state index is 6.27. The average molecular weight is 1020 g/mol. The highest BCUT2D eigenvalue weighted by Crippen LogP contribution is 2.39. The molecule has 0 radical (unpaired) electrons. The molecule has 6 nitrogen and oxygen atoms in total. The summed E-state index contributed by atoms with van der Waals surface area (Å²) in [5.74, 6) is 0. The molecule has 74 heavy (non-hydrogen) atoms. The summed E-state index contributed by atoms with van der Waals surface area (Å²) in [7, 11) is -0.353. The van der Waals surface area contributed by atoms with E-state index in [1.54, 1.807) is 0 Å². The van der Waals surface area contributed by atoms with E-state index in [2.05, 4.69) is 281 Å². The van der Waals surface area contributed by atoms with Crippen LogP contribution in [-0.4, -0.2) is 37.4 Å². The highest BCUT2D eigenvalue weighted by Gasteiger charge is 2.51. The van der Waals surface area contributed by atoms with Crippen LogP contribution in [0.1, 0.15) is 27.7 Å². The molecule has 0 aliphatic carbocycles. The van der Waals surface area contributed by atoms with Gasteiger partial charge in [-0.3, -0.25) is 0 Å². The van der Waals surface area contributed by atoms with E-state index in [-0.39, 0.29) is 18.3 Å². The van der Waals surface area contributed by atoms with E-state index in [9.17, 15) is 0 Å². The van der Waals surface area contributed by atoms with Gasteiger partial charge in [0.2, 0.25) is 0 Å². The van der Waals surface area contributed by atoms with Gasteiger partial charge in [0.15, 0.2) is 0 Å². The molecule has 15 rings (SSSR count). The zero-order chi connectivity index (χ0) is 50.1. The molecule has 0 amide bonds. The van der Waals surface area contributed by atoms with E-state index in [4.69, 9.17) is 9.31 Å². The Morgan fingerprint density at radius 1 is 0.351 bits per heavy atom. The van der Waals surface area contributed by atoms with E-state index in [1.165, 1.54) is 104 Å². The Bertz CT molecular complexity index is 4400. The van der Waals surface area contributed by atoms with Gasteiger partial charge in [0.25, 0.3) is 0 Å². The Hall–Kier alpha value is -8.14. The molecule has 358 valence electrons. The van der Waals surface area contributed by atoms with E-state index in [0.717, 1.165) is 15.6 Å². The van der Waals surface area contributed by atoms with E-state index < -0.39 is 0 Å². The zero-order valence-corrected chi connectivity index (χ0v) is 43.2. The average Bonchev–Trinajstić information content (AvgIpc) is 4.23. The second kappa shape index (κ2) is 18.1. The third kappa shape index (κ3) is 7.89. The zero-order valence-electron chi connectivity index (χ0n) is 41.6. The normalized spacial score (nSPS) is 14.1. The number of nitrogens with one attached hydrogen (secondary N) is 2. The van der Waals surface area contributed by atoms with Crippen LogP contribution in [0.25, 0.3) is 110 Å². The summed E-state index contributed by atoms with van der Waals surface area (Å²) >= 11 is 3.49. The Morgan fingerprint density at radius 2 is 0.743 bits per heavy atom. The van der Waals surface area contributed by atoms with Crippen LogP contribution in [0.3, 0.4) is 0 Å². The highest BCUT2D eigenvalue weighted by atomic mass is 79.9. The van der Waals surface area contributed by atoms with Gasteiger partial charge in [0.1, 0.15) is 0 Å². The van der Waals surface area contributed by atoms with E-state index in [0.29, 0.717) is 0 Å². The number of hydrogen-bond acceptors (Lipinski definition) is 2. The molecule has 0 saturated carbocycles. The largest absolute Gasteiger partial charge is 0.494 e. The first-order valence-electron chi connectivity index (χ1n) is 25.3. The van der Waals surface area contributed by atoms with Crippen molar-refractivity contribution in [3.05, 3.63) is 235 Å². The van der Waals surface area contributed by atoms with Crippen LogP contribution in [-0.2, 0) is 9.31 Å². The summed E-state index contributed by atoms with van der Waals surface area (Å²) in [6.45, 7) is 8.36. The molecule has 1 saturated heterocycles. The van der Waals surface area contributed by atoms with Gasteiger partial charge in [-0.05, 0) is 141 Å². The molecule has 0 unspecified atom stereocenters. The molecule has 1 aliphatic rings. The number of aromatic nitrogens is 4. The third-order valence-corrected chi connectivity index (χ3v) is 15.7. The van der Waals surface area contributed by atoms with Gasteiger partial charge in [-0.25, -0.2) is 0 Å². The van der Waals surface area contributed by atoms with Crippen LogP contribution in [0.5, 0.6) is 0 Å². The number of para-hydroxylation sites is 6. The lowest BCUT2D eigenvalue weighted by Crippen LogP contribution is -2.41. The van der Waals surface area contributed by atoms with Gasteiger partial charge in [0, 0.05) is 81.0 Å². The Morgan fingerprint density at radius 3 is 1.30 bits per heavy atom. The van der Waals surface area contributed by atoms with Crippen molar-refractivity contribution in [3.63, 3.8) is 0 Å². The minimum absolute atomic E-state index is 0.343. The van der Waals surface area contributed by atoms with Crippen molar-refractivity contribution < 1.29 is 9.31 Å². The molecule has 0 bridgehead atoms. The Labute approximate surface area is 438 Å². The Kier molecular flexibility index (Phi) is 11.2. The first-order valence-corrected chi connectivity index (χ1v) is 26.1. The van der Waals surface area contributed by atoms with Crippen LogP contribution >= 0.6 is 15.9 Å². The second-order valence-electron chi connectivity index (χ2n) is 20.3. The lowest BCUT2D eigenvalue weighted by molar-refractivity contribution is 0.00578. The quantitative estimate of drug-likeness (QED) is 0.173. The van der Waals surface area contributed by atoms with E-state index >= 15 is 0 Å². The van der Waals surface area contributed by atoms with E-state index in [1.807, 2.05) is 12.1 Å². The number of H-pyrrole nitrogens is 2. The molecule has 5 heterocycles. The molecular weight excluding hydrogens is 971 g/mol. The maximum Gasteiger partial charge on any atom is 0.494 e. The summed E-state index contributed by atoms with van der Waals surface area (Å²) in [6.07, 6.45) is 0. The minimum Gasteiger partial charge on any atom is -0.399 e. The van der Waals surface area contributed by atoms with Crippen LogP contribution in [0.2, 0.25) is 0 Å². The number of aromatic amines is 2. The van der Waals surface area contributed by atoms with Crippen molar-refractivity contribution in [2.24, 2.45) is 0 Å². The number of benzene rings is 10. The molecule has 0 atom stereocenters. The molecule has 0 spiro atoms. The van der Waals surface area contributed by atoms with Gasteiger partial charge >= 0.3 is 7.12 Å². The van der Waals surface area contributed by atoms with Crippen LogP contribution < -0.4 is 5.46 Å². The molecule has 1 aliphatic heterocycles. The molecular formula is C66H52BBrN4O2. The minimum atomic E-state index is -0.353. The SMILES string of the molecule is Brc1ccc2[nH]c3ccccc3c2c1.CC1(C)OB(c2ccc3c(c2)c2ccccc2n3-c2ccccc2)OC1(C)C.c1ccc(-n2c3ccccc3c3cc(-c4ccc5[nH]c6ccccc6c5c4)ccc32)cc1. The number of rotatable bonds is 4. The summed E-state index contributed by atoms with van der Waals surface area (Å²) in [4.78, 5) is 6.91. The third-order valence-electron chi connectivity index (χ3n) is 15.2. The monoisotopic (exact) mass is 1020 g/mol. The fourth-order valence-corrected chi connectivity index (χ4v) is 11.2. The van der Waals surface area contributed by atoms with Gasteiger partial charge in [-0.1, -0.05) is 149 Å². The first-order chi connectivity index (χ1) is 36.1. The number of fused-ring (bicyclic) bond motifs is 12. The van der Waals surface area contributed by atoms with Gasteiger partial charge in [0.05, 0.1) is 33.3 Å². The number of halogens is 1. The van der Waals surface area contributed by atoms with Gasteiger partial charge in [-0.15, -0.1) is 0 Å². The van der Waals surface area contributed by atoms with Crippen LogP contribution in [0.4, 0.5) is 0 Å². The van der Waals surface area contributed by atoms with Crippen molar-refractivity contribution in [1.29, 1.82) is 0 Å². The topological polar surface area (TPSA) is 59.9 Å². The summed E-state index contributed by atoms with van der Waals surface area (Å²) in [5, 5.41) is 10.1. The number of hydrogen-bond donors (Lipinski definition) is 2. The smallest absolute Gasteiger partial charge is 0.399 e. The standard InChI is InChI=1S/C30H20N2.C24H24BNO2.C12H8BrN/c1-2-8-22(9-3-1)32-29-13-7-5-11-24(29)26-19-21(15-17-30(26)32)20-14-16-28-25(18-20)23-10-4-6-12-27(23)31-28;1-23(2)24(3,4)28-25(27-23)17-14-15-22-20(16-17)19-12-8-9-13-21(19)26(22)18-10-6-5-7-11-18;13-8-5-6-12-10(7-8)9-3-1-2-4-11(9)14-12/h1-19,31H;5-16H,1-4H3;1-7,14H. The molecule has 8 heteroatoms. The predicted molar refractivity (Wildman–Crippen MR) is 316 cm³/mol. The molecule has 14 aromatic rings. The van der Waals surface area contributed by atoms with Crippen molar-refractivity contribution in [2.75, 3.05) is 0 Å². The summed E-state index contributed by atoms with van der Waals surface area (Å²) in [5.41, 5.74) is 14.8. The fraction of sp³-hybridized carbons (Fsp3) is 0.0909. The molecule has 4 aromatic heterocycles. The second-order valence-corrected chi connectivity index (χ2v) is 21.2. The lowest BCUT2D eigenvalue weighted by atomic mass is 9.78. The van der Waals surface area contributed by atoms with Gasteiger partial charge < -0.3 is 28.4 Å². The van der Waals surface area contributed by atoms with Crippen LogP contribution in [0.15, 0.2) is 235 Å². The molecule has 1 fully saturated rings. The summed E-state index contributed by atoms with van der Waals surface area (Å²) in [6, 6.07) is 81.6. The first kappa shape index (κ1) is 45.7. The van der Waals surface area contributed by atoms with Crippen molar-refractivity contribution >= 4 is 116 Å². The maximum absolute atomic E-state index is 6.27. The summed E-state index contributed by atoms with van der Waals surface area (Å²) < 4.78 is 18.3. The molecule has 10 aromatic carbocycles. The van der Waals surface area contributed by atoms with Crippen LogP contribution in [0, 0.1) is 0 Å². The molecule has 2 N–H and O–H groups in total. The highest BCUT2D eigenvalue weighted by molar-refractivity contribution is 9.10. The van der Waals surface area contributed by atoms with Gasteiger partial charge in [-0.2, -0.15) is 0 Å². The predicted octanol–water partition coefficient (Wildman–Crippen LogP) is 17.3. The lowest BCUT2D eigenvalue weighted by Gasteiger charge is -2.32. The Balaban J connectivity index is 0.000000115.